The number of hydrogen-bond acceptors (Lipinski definition) is 5. The molecule has 20 heavy (non-hydrogen) atoms. The van der Waals surface area contributed by atoms with Crippen molar-refractivity contribution in [2.75, 3.05) is 25.1 Å². The maximum Gasteiger partial charge on any atom is 0.293 e. The number of nitro groups is 1. The first-order valence-electron chi connectivity index (χ1n) is 6.48. The van der Waals surface area contributed by atoms with E-state index in [4.69, 9.17) is 10.5 Å². The summed E-state index contributed by atoms with van der Waals surface area (Å²) >= 11 is 0. The van der Waals surface area contributed by atoms with Gasteiger partial charge < -0.3 is 15.8 Å². The van der Waals surface area contributed by atoms with Gasteiger partial charge in [-0.1, -0.05) is 0 Å². The number of carbonyl (C=O) groups excluding carboxylic acids is 1. The second-order valence-electron chi connectivity index (χ2n) is 4.79. The van der Waals surface area contributed by atoms with Gasteiger partial charge in [0.05, 0.1) is 4.92 Å². The first-order chi connectivity index (χ1) is 9.58. The summed E-state index contributed by atoms with van der Waals surface area (Å²) in [6.45, 7) is 2.12. The van der Waals surface area contributed by atoms with E-state index >= 15 is 0 Å². The molecule has 0 radical (unpaired) electrons. The minimum absolute atomic E-state index is 0.131. The van der Waals surface area contributed by atoms with E-state index in [2.05, 4.69) is 5.32 Å². The predicted octanol–water partition coefficient (Wildman–Crippen LogP) is 1.53. The Bertz CT molecular complexity index is 512. The van der Waals surface area contributed by atoms with Gasteiger partial charge in [0.25, 0.3) is 5.69 Å². The molecule has 0 aliphatic carbocycles. The Morgan fingerprint density at radius 1 is 1.45 bits per heavy atom. The summed E-state index contributed by atoms with van der Waals surface area (Å²) in [7, 11) is 0. The third kappa shape index (κ3) is 3.45. The Hall–Kier alpha value is -2.15. The van der Waals surface area contributed by atoms with Crippen molar-refractivity contribution in [1.29, 1.82) is 0 Å². The molecule has 1 heterocycles. The summed E-state index contributed by atoms with van der Waals surface area (Å²) in [5, 5.41) is 14.1. The van der Waals surface area contributed by atoms with Gasteiger partial charge in [-0.15, -0.1) is 0 Å². The van der Waals surface area contributed by atoms with Crippen molar-refractivity contribution < 1.29 is 14.5 Å². The summed E-state index contributed by atoms with van der Waals surface area (Å²) in [5.41, 5.74) is 5.54. The Morgan fingerprint density at radius 2 is 2.15 bits per heavy atom. The Kier molecular flexibility index (Phi) is 4.52. The fourth-order valence-corrected chi connectivity index (χ4v) is 2.19. The Balaban J connectivity index is 2.09. The fraction of sp³-hybridized carbons (Fsp3) is 0.462. The van der Waals surface area contributed by atoms with Crippen molar-refractivity contribution in [3.63, 3.8) is 0 Å². The number of ether oxygens (including phenoxy) is 1. The van der Waals surface area contributed by atoms with Gasteiger partial charge in [-0.3, -0.25) is 14.9 Å². The number of amides is 1. The summed E-state index contributed by atoms with van der Waals surface area (Å²) in [5.74, 6) is -0.233. The molecule has 0 bridgehead atoms. The Morgan fingerprint density at radius 3 is 2.75 bits per heavy atom. The minimum atomic E-state index is -0.677. The third-order valence-corrected chi connectivity index (χ3v) is 3.40. The van der Waals surface area contributed by atoms with Gasteiger partial charge in [0.2, 0.25) is 5.91 Å². The zero-order valence-electron chi connectivity index (χ0n) is 11.0. The molecule has 0 atom stereocenters. The molecule has 1 aromatic carbocycles. The highest BCUT2D eigenvalue weighted by molar-refractivity contribution is 5.94. The first kappa shape index (κ1) is 14.3. The number of primary amides is 1. The van der Waals surface area contributed by atoms with Crippen LogP contribution in [0.1, 0.15) is 23.2 Å². The number of rotatable bonds is 5. The fourth-order valence-electron chi connectivity index (χ4n) is 2.19. The average molecular weight is 279 g/mol. The van der Waals surface area contributed by atoms with Gasteiger partial charge in [0, 0.05) is 31.4 Å². The number of nitrogens with one attached hydrogen (secondary N) is 1. The van der Waals surface area contributed by atoms with E-state index in [0.29, 0.717) is 18.2 Å². The second kappa shape index (κ2) is 6.33. The van der Waals surface area contributed by atoms with Gasteiger partial charge in [-0.05, 0) is 30.9 Å². The number of benzene rings is 1. The van der Waals surface area contributed by atoms with E-state index in [-0.39, 0.29) is 11.3 Å². The van der Waals surface area contributed by atoms with Crippen LogP contribution in [0.25, 0.3) is 0 Å². The molecule has 3 N–H and O–H groups in total. The monoisotopic (exact) mass is 279 g/mol. The van der Waals surface area contributed by atoms with Crippen LogP contribution in [-0.4, -0.2) is 30.6 Å². The van der Waals surface area contributed by atoms with Crippen LogP contribution in [0, 0.1) is 16.0 Å². The van der Waals surface area contributed by atoms with E-state index in [1.807, 2.05) is 0 Å². The lowest BCUT2D eigenvalue weighted by Gasteiger charge is -2.22. The van der Waals surface area contributed by atoms with E-state index in [0.717, 1.165) is 26.1 Å². The lowest BCUT2D eigenvalue weighted by Crippen LogP contribution is -2.23. The lowest BCUT2D eigenvalue weighted by atomic mass is 10.0. The molecule has 2 rings (SSSR count). The van der Waals surface area contributed by atoms with Gasteiger partial charge >= 0.3 is 0 Å². The number of carbonyl (C=O) groups is 1. The minimum Gasteiger partial charge on any atom is -0.381 e. The number of nitrogens with two attached hydrogens (primary N) is 1. The molecule has 0 spiro atoms. The van der Waals surface area contributed by atoms with Crippen molar-refractivity contribution in [2.45, 2.75) is 12.8 Å². The standard InChI is InChI=1S/C13H17N3O4/c14-13(17)10-1-2-11(12(7-10)16(18)19)15-8-9-3-5-20-6-4-9/h1-2,7,9,15H,3-6,8H2,(H2,14,17). The summed E-state index contributed by atoms with van der Waals surface area (Å²) in [4.78, 5) is 21.6. The zero-order chi connectivity index (χ0) is 14.5. The molecule has 1 saturated heterocycles. The molecule has 1 fully saturated rings. The molecule has 0 unspecified atom stereocenters. The maximum atomic E-state index is 11.1. The lowest BCUT2D eigenvalue weighted by molar-refractivity contribution is -0.384. The van der Waals surface area contributed by atoms with Gasteiger partial charge in [-0.2, -0.15) is 0 Å². The molecule has 108 valence electrons. The largest absolute Gasteiger partial charge is 0.381 e. The van der Waals surface area contributed by atoms with Crippen LogP contribution in [0.4, 0.5) is 11.4 Å². The molecule has 7 nitrogen and oxygen atoms in total. The smallest absolute Gasteiger partial charge is 0.293 e. The zero-order valence-corrected chi connectivity index (χ0v) is 11.0. The van der Waals surface area contributed by atoms with Gasteiger partial charge in [-0.25, -0.2) is 0 Å². The normalized spacial score (nSPS) is 15.8. The van der Waals surface area contributed by atoms with Crippen LogP contribution < -0.4 is 11.1 Å². The molecule has 0 aromatic heterocycles. The highest BCUT2D eigenvalue weighted by atomic mass is 16.6. The van der Waals surface area contributed by atoms with Crippen LogP contribution in [0.2, 0.25) is 0 Å². The van der Waals surface area contributed by atoms with Crippen molar-refractivity contribution >= 4 is 17.3 Å². The third-order valence-electron chi connectivity index (χ3n) is 3.40. The van der Waals surface area contributed by atoms with Crippen molar-refractivity contribution in [3.05, 3.63) is 33.9 Å². The maximum absolute atomic E-state index is 11.1. The van der Waals surface area contributed by atoms with E-state index in [1.165, 1.54) is 18.2 Å². The van der Waals surface area contributed by atoms with E-state index in [1.54, 1.807) is 0 Å². The second-order valence-corrected chi connectivity index (χ2v) is 4.79. The summed E-state index contributed by atoms with van der Waals surface area (Å²) in [6, 6.07) is 4.22. The summed E-state index contributed by atoms with van der Waals surface area (Å²) < 4.78 is 5.27. The Labute approximate surface area is 116 Å². The van der Waals surface area contributed by atoms with Gasteiger partial charge in [0.15, 0.2) is 0 Å². The van der Waals surface area contributed by atoms with Crippen LogP contribution in [0.15, 0.2) is 18.2 Å². The topological polar surface area (TPSA) is 107 Å². The highest BCUT2D eigenvalue weighted by Crippen LogP contribution is 2.26. The number of nitrogens with zero attached hydrogens (tertiary/aromatic N) is 1. The molecular weight excluding hydrogens is 262 g/mol. The van der Waals surface area contributed by atoms with E-state index in [9.17, 15) is 14.9 Å². The molecular formula is C13H17N3O4. The number of anilines is 1. The predicted molar refractivity (Wildman–Crippen MR) is 73.6 cm³/mol. The van der Waals surface area contributed by atoms with Crippen LogP contribution in [-0.2, 0) is 4.74 Å². The van der Waals surface area contributed by atoms with Crippen LogP contribution >= 0.6 is 0 Å². The van der Waals surface area contributed by atoms with E-state index < -0.39 is 10.8 Å². The molecule has 1 aromatic rings. The molecule has 0 saturated carbocycles. The van der Waals surface area contributed by atoms with Gasteiger partial charge in [0.1, 0.15) is 5.69 Å². The molecule has 1 aliphatic rings. The average Bonchev–Trinajstić information content (AvgIpc) is 2.45. The van der Waals surface area contributed by atoms with Crippen LogP contribution in [0.3, 0.4) is 0 Å². The SMILES string of the molecule is NC(=O)c1ccc(NCC2CCOCC2)c([N+](=O)[O-])c1. The highest BCUT2D eigenvalue weighted by Gasteiger charge is 2.18. The number of hydrogen-bond donors (Lipinski definition) is 2. The first-order valence-corrected chi connectivity index (χ1v) is 6.48. The van der Waals surface area contributed by atoms with Crippen molar-refractivity contribution in [2.24, 2.45) is 11.7 Å². The van der Waals surface area contributed by atoms with Crippen molar-refractivity contribution in [3.8, 4) is 0 Å². The molecule has 1 aliphatic heterocycles. The summed E-state index contributed by atoms with van der Waals surface area (Å²) in [6.07, 6.45) is 1.89. The van der Waals surface area contributed by atoms with Crippen LogP contribution in [0.5, 0.6) is 0 Å². The number of nitro benzene ring substituents is 1. The van der Waals surface area contributed by atoms with Crippen molar-refractivity contribution in [1.82, 2.24) is 0 Å². The molecule has 7 heteroatoms. The quantitative estimate of drug-likeness (QED) is 0.627. The molecule has 1 amide bonds.